The molecule has 134 valence electrons. The van der Waals surface area contributed by atoms with E-state index >= 15 is 0 Å². The van der Waals surface area contributed by atoms with Crippen LogP contribution in [0.2, 0.25) is 0 Å². The average Bonchev–Trinajstić information content (AvgIpc) is 2.51. The quantitative estimate of drug-likeness (QED) is 0.814. The molecule has 0 atom stereocenters. The van der Waals surface area contributed by atoms with Crippen molar-refractivity contribution in [1.29, 1.82) is 0 Å². The van der Waals surface area contributed by atoms with Gasteiger partial charge in [-0.15, -0.1) is 0 Å². The van der Waals surface area contributed by atoms with Crippen LogP contribution in [0.1, 0.15) is 17.1 Å². The lowest BCUT2D eigenvalue weighted by Gasteiger charge is -2.14. The van der Waals surface area contributed by atoms with Gasteiger partial charge in [-0.25, -0.2) is 14.8 Å². The summed E-state index contributed by atoms with van der Waals surface area (Å²) in [4.78, 5) is 20.0. The molecule has 0 aliphatic carbocycles. The highest BCUT2D eigenvalue weighted by Gasteiger charge is 2.36. The molecule has 2 N–H and O–H groups in total. The summed E-state index contributed by atoms with van der Waals surface area (Å²) in [5, 5.41) is 10.4. The average molecular weight is 366 g/mol. The Balaban J connectivity index is 2.48. The summed E-state index contributed by atoms with van der Waals surface area (Å²) < 4.78 is 76.6. The molecule has 0 bridgehead atoms. The normalized spacial score (nSPS) is 12.1. The molecular formula is C13H8F6N4O2. The van der Waals surface area contributed by atoms with E-state index in [0.717, 1.165) is 6.07 Å². The summed E-state index contributed by atoms with van der Waals surface area (Å²) in [6.07, 6.45) is -9.40. The van der Waals surface area contributed by atoms with E-state index in [4.69, 9.17) is 5.11 Å². The van der Waals surface area contributed by atoms with Gasteiger partial charge in [-0.2, -0.15) is 26.3 Å². The summed E-state index contributed by atoms with van der Waals surface area (Å²) in [5.41, 5.74) is -2.11. The van der Waals surface area contributed by atoms with Crippen molar-refractivity contribution in [1.82, 2.24) is 20.3 Å². The molecule has 0 fully saturated rings. The first-order valence-corrected chi connectivity index (χ1v) is 6.41. The maximum atomic E-state index is 13.1. The largest absolute Gasteiger partial charge is 0.465 e. The lowest BCUT2D eigenvalue weighted by molar-refractivity contribution is -0.145. The van der Waals surface area contributed by atoms with Crippen LogP contribution < -0.4 is 5.32 Å². The maximum absolute atomic E-state index is 13.1. The van der Waals surface area contributed by atoms with Crippen LogP contribution >= 0.6 is 0 Å². The number of alkyl halides is 6. The smallest absolute Gasteiger partial charge is 0.451 e. The van der Waals surface area contributed by atoms with E-state index in [2.05, 4.69) is 15.0 Å². The molecule has 2 rings (SSSR count). The van der Waals surface area contributed by atoms with E-state index in [9.17, 15) is 31.1 Å². The van der Waals surface area contributed by atoms with E-state index in [-0.39, 0.29) is 17.8 Å². The van der Waals surface area contributed by atoms with Gasteiger partial charge in [-0.05, 0) is 6.07 Å². The van der Waals surface area contributed by atoms with Crippen LogP contribution in [0.15, 0.2) is 24.7 Å². The molecule has 2 heterocycles. The minimum atomic E-state index is -4.83. The molecule has 25 heavy (non-hydrogen) atoms. The first kappa shape index (κ1) is 18.4. The fourth-order valence-electron chi connectivity index (χ4n) is 1.84. The zero-order chi connectivity index (χ0) is 18.8. The Morgan fingerprint density at radius 3 is 2.08 bits per heavy atom. The number of carboxylic acid groups (broad SMARTS) is 1. The predicted octanol–water partition coefficient (Wildman–Crippen LogP) is 3.34. The second kappa shape index (κ2) is 6.53. The lowest BCUT2D eigenvalue weighted by atomic mass is 10.0. The van der Waals surface area contributed by atoms with Gasteiger partial charge in [0.15, 0.2) is 0 Å². The number of nitrogens with one attached hydrogen (secondary N) is 1. The molecule has 0 saturated heterocycles. The number of hydrogen-bond acceptors (Lipinski definition) is 4. The predicted molar refractivity (Wildman–Crippen MR) is 70.1 cm³/mol. The number of halogens is 6. The summed E-state index contributed by atoms with van der Waals surface area (Å²) in [6.45, 7) is -0.387. The Kier molecular flexibility index (Phi) is 4.81. The number of amides is 1. The van der Waals surface area contributed by atoms with Gasteiger partial charge in [0, 0.05) is 29.7 Å². The van der Waals surface area contributed by atoms with Gasteiger partial charge in [0.05, 0.1) is 17.8 Å². The molecular weight excluding hydrogens is 358 g/mol. The third-order valence-corrected chi connectivity index (χ3v) is 2.90. The molecule has 0 saturated carbocycles. The van der Waals surface area contributed by atoms with Crippen LogP contribution in [0.5, 0.6) is 0 Å². The first-order valence-electron chi connectivity index (χ1n) is 6.41. The van der Waals surface area contributed by atoms with Crippen LogP contribution in [-0.4, -0.2) is 26.2 Å². The van der Waals surface area contributed by atoms with Crippen molar-refractivity contribution >= 4 is 6.09 Å². The van der Waals surface area contributed by atoms with E-state index in [0.29, 0.717) is 18.6 Å². The van der Waals surface area contributed by atoms with Crippen molar-refractivity contribution in [2.75, 3.05) is 0 Å². The molecule has 0 aromatic carbocycles. The molecule has 0 aliphatic heterocycles. The van der Waals surface area contributed by atoms with E-state index < -0.39 is 35.4 Å². The molecule has 1 amide bonds. The van der Waals surface area contributed by atoms with Crippen molar-refractivity contribution in [3.8, 4) is 11.1 Å². The summed E-state index contributed by atoms with van der Waals surface area (Å²) in [5.74, 6) is -1.49. The van der Waals surface area contributed by atoms with Crippen molar-refractivity contribution in [3.63, 3.8) is 0 Å². The van der Waals surface area contributed by atoms with E-state index in [1.54, 1.807) is 0 Å². The molecule has 6 nitrogen and oxygen atoms in total. The lowest BCUT2D eigenvalue weighted by Crippen LogP contribution is -2.21. The minimum Gasteiger partial charge on any atom is -0.465 e. The number of hydrogen-bond donors (Lipinski definition) is 2. The molecule has 0 aliphatic rings. The summed E-state index contributed by atoms with van der Waals surface area (Å²) in [6, 6.07) is 0.907. The summed E-state index contributed by atoms with van der Waals surface area (Å²) >= 11 is 0. The zero-order valence-corrected chi connectivity index (χ0v) is 12.0. The van der Waals surface area contributed by atoms with Crippen LogP contribution in [0, 0.1) is 0 Å². The Morgan fingerprint density at radius 1 is 1.00 bits per heavy atom. The van der Waals surface area contributed by atoms with E-state index in [1.807, 2.05) is 5.32 Å². The highest BCUT2D eigenvalue weighted by Crippen LogP contribution is 2.37. The minimum absolute atomic E-state index is 0.0645. The highest BCUT2D eigenvalue weighted by atomic mass is 19.4. The third-order valence-electron chi connectivity index (χ3n) is 2.90. The second-order valence-corrected chi connectivity index (χ2v) is 4.67. The van der Waals surface area contributed by atoms with Gasteiger partial charge in [0.25, 0.3) is 0 Å². The monoisotopic (exact) mass is 366 g/mol. The van der Waals surface area contributed by atoms with Crippen molar-refractivity contribution in [2.24, 2.45) is 0 Å². The summed E-state index contributed by atoms with van der Waals surface area (Å²) in [7, 11) is 0. The van der Waals surface area contributed by atoms with E-state index in [1.165, 1.54) is 0 Å². The number of pyridine rings is 1. The molecule has 2 aromatic rings. The Labute approximate surface area is 135 Å². The van der Waals surface area contributed by atoms with Crippen LogP contribution in [0.25, 0.3) is 11.1 Å². The number of nitrogens with zero attached hydrogens (tertiary/aromatic N) is 3. The van der Waals surface area contributed by atoms with Gasteiger partial charge in [0.1, 0.15) is 0 Å². The van der Waals surface area contributed by atoms with Crippen molar-refractivity contribution in [2.45, 2.75) is 18.9 Å². The number of aromatic nitrogens is 3. The first-order chi connectivity index (χ1) is 11.5. The standard InChI is InChI=1S/C13H8F6N4O2/c14-12(15,16)9-5-20-7(4-23-11(24)25)1-8(9)6-2-21-10(22-3-6)13(17,18)19/h1-3,5,23H,4H2,(H,24,25). The fourth-order valence-corrected chi connectivity index (χ4v) is 1.84. The SMILES string of the molecule is O=C(O)NCc1cc(-c2cnc(C(F)(F)F)nc2)c(C(F)(F)F)cn1. The van der Waals surface area contributed by atoms with Crippen LogP contribution in [-0.2, 0) is 18.9 Å². The third kappa shape index (κ3) is 4.55. The molecule has 12 heteroatoms. The zero-order valence-electron chi connectivity index (χ0n) is 12.0. The molecule has 0 spiro atoms. The number of carbonyl (C=O) groups is 1. The Hall–Kier alpha value is -2.92. The van der Waals surface area contributed by atoms with Gasteiger partial charge in [0.2, 0.25) is 5.82 Å². The van der Waals surface area contributed by atoms with Crippen LogP contribution in [0.4, 0.5) is 31.1 Å². The maximum Gasteiger partial charge on any atom is 0.451 e. The fraction of sp³-hybridized carbons (Fsp3) is 0.231. The Morgan fingerprint density at radius 2 is 1.60 bits per heavy atom. The van der Waals surface area contributed by atoms with Gasteiger partial charge in [-0.1, -0.05) is 0 Å². The van der Waals surface area contributed by atoms with Gasteiger partial charge >= 0.3 is 18.4 Å². The van der Waals surface area contributed by atoms with Gasteiger partial charge < -0.3 is 10.4 Å². The number of rotatable bonds is 3. The van der Waals surface area contributed by atoms with Crippen LogP contribution in [0.3, 0.4) is 0 Å². The van der Waals surface area contributed by atoms with Crippen molar-refractivity contribution < 1.29 is 36.2 Å². The topological polar surface area (TPSA) is 88.0 Å². The highest BCUT2D eigenvalue weighted by molar-refractivity contribution is 5.67. The molecule has 0 unspecified atom stereocenters. The second-order valence-electron chi connectivity index (χ2n) is 4.67. The molecule has 0 radical (unpaired) electrons. The Bertz CT molecular complexity index is 774. The van der Waals surface area contributed by atoms with Crippen molar-refractivity contribution in [3.05, 3.63) is 41.7 Å². The molecule has 2 aromatic heterocycles. The van der Waals surface area contributed by atoms with Gasteiger partial charge in [-0.3, -0.25) is 4.98 Å².